The first-order chi connectivity index (χ1) is 14.2. The summed E-state index contributed by atoms with van der Waals surface area (Å²) in [6.45, 7) is 2.97. The third-order valence-electron chi connectivity index (χ3n) is 5.64. The fourth-order valence-electron chi connectivity index (χ4n) is 4.13. The molecule has 1 fully saturated rings. The molecule has 1 aromatic carbocycles. The van der Waals surface area contributed by atoms with E-state index in [9.17, 15) is 4.79 Å². The third kappa shape index (κ3) is 4.03. The van der Waals surface area contributed by atoms with Crippen LogP contribution in [0.1, 0.15) is 38.6 Å². The quantitative estimate of drug-likeness (QED) is 0.636. The van der Waals surface area contributed by atoms with Crippen LogP contribution in [0.2, 0.25) is 0 Å². The molecule has 0 aliphatic carbocycles. The maximum Gasteiger partial charge on any atom is 0.261 e. The Hall–Kier alpha value is -2.19. The first-order valence-electron chi connectivity index (χ1n) is 9.99. The molecule has 8 heteroatoms. The maximum absolute atomic E-state index is 12.8. The van der Waals surface area contributed by atoms with Gasteiger partial charge in [-0.15, -0.1) is 23.7 Å². The molecule has 2 N–H and O–H groups in total. The highest BCUT2D eigenvalue weighted by atomic mass is 35.5. The summed E-state index contributed by atoms with van der Waals surface area (Å²) in [5, 5.41) is 6.37. The van der Waals surface area contributed by atoms with E-state index in [1.165, 1.54) is 10.4 Å². The Labute approximate surface area is 185 Å². The number of thiophene rings is 1. The second-order valence-electron chi connectivity index (χ2n) is 7.48. The topological polar surface area (TPSA) is 76.4 Å². The van der Waals surface area contributed by atoms with E-state index in [0.717, 1.165) is 49.4 Å². The third-order valence-corrected chi connectivity index (χ3v) is 6.84. The van der Waals surface area contributed by atoms with E-state index in [0.29, 0.717) is 18.1 Å². The lowest BCUT2D eigenvalue weighted by Gasteiger charge is -2.40. The fraction of sp³-hybridized carbons (Fsp3) is 0.364. The number of ether oxygens (including phenoxy) is 1. The molecule has 30 heavy (non-hydrogen) atoms. The molecule has 0 unspecified atom stereocenters. The van der Waals surface area contributed by atoms with Crippen LogP contribution in [0, 0.1) is 0 Å². The Morgan fingerprint density at radius 2 is 2.03 bits per heavy atom. The van der Waals surface area contributed by atoms with Crippen LogP contribution >= 0.6 is 23.7 Å². The summed E-state index contributed by atoms with van der Waals surface area (Å²) in [6.07, 6.45) is 4.39. The number of nitrogens with one attached hydrogen (secondary N) is 2. The van der Waals surface area contributed by atoms with Crippen molar-refractivity contribution in [1.82, 2.24) is 15.6 Å². The van der Waals surface area contributed by atoms with Gasteiger partial charge in [0, 0.05) is 16.9 Å². The standard InChI is InChI=1S/C22H23N3O3S.ClH/c26-20(24-13-16-14-27-21(25-16)15-4-2-1-3-5-15)19-12-17-18(29-19)6-11-28-22(17)7-9-23-10-8-22;/h1-5,12,14,23H,6-11,13H2,(H,24,26);1H. The summed E-state index contributed by atoms with van der Waals surface area (Å²) < 4.78 is 11.8. The summed E-state index contributed by atoms with van der Waals surface area (Å²) in [7, 11) is 0. The van der Waals surface area contributed by atoms with Crippen LogP contribution in [0.25, 0.3) is 11.5 Å². The molecule has 2 aliphatic rings. The number of hydrogen-bond donors (Lipinski definition) is 2. The van der Waals surface area contributed by atoms with Gasteiger partial charge in [-0.25, -0.2) is 4.98 Å². The van der Waals surface area contributed by atoms with Gasteiger partial charge >= 0.3 is 0 Å². The molecule has 6 nitrogen and oxygen atoms in total. The Bertz CT molecular complexity index is 1010. The number of halogens is 1. The number of amides is 1. The summed E-state index contributed by atoms with van der Waals surface area (Å²) >= 11 is 1.59. The van der Waals surface area contributed by atoms with Crippen molar-refractivity contribution in [3.63, 3.8) is 0 Å². The van der Waals surface area contributed by atoms with Gasteiger partial charge in [0.1, 0.15) is 6.26 Å². The Kier molecular flexibility index (Phi) is 6.24. The molecule has 0 saturated carbocycles. The van der Waals surface area contributed by atoms with Gasteiger partial charge in [-0.2, -0.15) is 0 Å². The van der Waals surface area contributed by atoms with Crippen molar-refractivity contribution in [1.29, 1.82) is 0 Å². The van der Waals surface area contributed by atoms with Gasteiger partial charge in [0.25, 0.3) is 5.91 Å². The van der Waals surface area contributed by atoms with E-state index >= 15 is 0 Å². The van der Waals surface area contributed by atoms with Gasteiger partial charge < -0.3 is 19.8 Å². The molecule has 1 saturated heterocycles. The van der Waals surface area contributed by atoms with E-state index < -0.39 is 0 Å². The highest BCUT2D eigenvalue weighted by Crippen LogP contribution is 2.43. The number of fused-ring (bicyclic) bond motifs is 2. The lowest BCUT2D eigenvalue weighted by atomic mass is 9.83. The first-order valence-corrected chi connectivity index (χ1v) is 10.8. The zero-order valence-corrected chi connectivity index (χ0v) is 18.1. The molecule has 0 radical (unpaired) electrons. The zero-order chi connectivity index (χ0) is 19.7. The van der Waals surface area contributed by atoms with Crippen molar-refractivity contribution in [2.24, 2.45) is 0 Å². The minimum Gasteiger partial charge on any atom is -0.444 e. The van der Waals surface area contributed by atoms with Gasteiger partial charge in [0.2, 0.25) is 5.89 Å². The van der Waals surface area contributed by atoms with E-state index in [1.807, 2.05) is 36.4 Å². The van der Waals surface area contributed by atoms with Crippen LogP contribution in [0.5, 0.6) is 0 Å². The second-order valence-corrected chi connectivity index (χ2v) is 8.62. The molecule has 158 valence electrons. The normalized spacial score (nSPS) is 17.2. The summed E-state index contributed by atoms with van der Waals surface area (Å²) in [4.78, 5) is 19.3. The van der Waals surface area contributed by atoms with Crippen LogP contribution in [-0.4, -0.2) is 30.6 Å². The smallest absolute Gasteiger partial charge is 0.261 e. The number of rotatable bonds is 4. The summed E-state index contributed by atoms with van der Waals surface area (Å²) in [5.41, 5.74) is 2.62. The van der Waals surface area contributed by atoms with Crippen LogP contribution < -0.4 is 10.6 Å². The van der Waals surface area contributed by atoms with Crippen molar-refractivity contribution in [2.75, 3.05) is 19.7 Å². The van der Waals surface area contributed by atoms with E-state index in [2.05, 4.69) is 15.6 Å². The van der Waals surface area contributed by atoms with Gasteiger partial charge in [0.15, 0.2) is 0 Å². The Morgan fingerprint density at radius 1 is 1.23 bits per heavy atom. The van der Waals surface area contributed by atoms with Gasteiger partial charge in [-0.3, -0.25) is 4.79 Å². The Balaban J connectivity index is 0.00000218. The molecule has 1 amide bonds. The predicted octanol–water partition coefficient (Wildman–Crippen LogP) is 3.91. The lowest BCUT2D eigenvalue weighted by molar-refractivity contribution is -0.0792. The number of oxazole rings is 1. The summed E-state index contributed by atoms with van der Waals surface area (Å²) in [6, 6.07) is 11.8. The van der Waals surface area contributed by atoms with Gasteiger partial charge in [0.05, 0.1) is 29.3 Å². The number of carbonyl (C=O) groups excluding carboxylic acids is 1. The number of benzene rings is 1. The number of hydrogen-bond acceptors (Lipinski definition) is 6. The second kappa shape index (κ2) is 8.89. The minimum absolute atomic E-state index is 0. The molecule has 0 atom stereocenters. The van der Waals surface area contributed by atoms with Crippen molar-refractivity contribution in [3.8, 4) is 11.5 Å². The molecular formula is C22H24ClN3O3S. The zero-order valence-electron chi connectivity index (χ0n) is 16.5. The summed E-state index contributed by atoms with van der Waals surface area (Å²) in [5.74, 6) is 0.490. The van der Waals surface area contributed by atoms with Crippen molar-refractivity contribution in [3.05, 3.63) is 63.7 Å². The highest BCUT2D eigenvalue weighted by molar-refractivity contribution is 7.14. The van der Waals surface area contributed by atoms with Crippen molar-refractivity contribution >= 4 is 29.7 Å². The molecule has 3 aromatic rings. The predicted molar refractivity (Wildman–Crippen MR) is 118 cm³/mol. The molecule has 5 rings (SSSR count). The van der Waals surface area contributed by atoms with Crippen molar-refractivity contribution in [2.45, 2.75) is 31.4 Å². The fourth-order valence-corrected chi connectivity index (χ4v) is 5.28. The lowest BCUT2D eigenvalue weighted by Crippen LogP contribution is -2.44. The maximum atomic E-state index is 12.8. The van der Waals surface area contributed by atoms with Crippen LogP contribution in [0.4, 0.5) is 0 Å². The van der Waals surface area contributed by atoms with E-state index in [-0.39, 0.29) is 23.9 Å². The number of carbonyl (C=O) groups is 1. The van der Waals surface area contributed by atoms with Crippen LogP contribution in [0.3, 0.4) is 0 Å². The van der Waals surface area contributed by atoms with E-state index in [4.69, 9.17) is 9.15 Å². The number of piperidine rings is 1. The van der Waals surface area contributed by atoms with E-state index in [1.54, 1.807) is 17.6 Å². The number of nitrogens with zero attached hydrogens (tertiary/aromatic N) is 1. The van der Waals surface area contributed by atoms with Gasteiger partial charge in [-0.1, -0.05) is 18.2 Å². The molecule has 2 aliphatic heterocycles. The average Bonchev–Trinajstić information content (AvgIpc) is 3.42. The highest BCUT2D eigenvalue weighted by Gasteiger charge is 2.40. The molecular weight excluding hydrogens is 422 g/mol. The van der Waals surface area contributed by atoms with Crippen molar-refractivity contribution < 1.29 is 13.9 Å². The van der Waals surface area contributed by atoms with Crippen LogP contribution in [-0.2, 0) is 23.3 Å². The number of aromatic nitrogens is 1. The largest absolute Gasteiger partial charge is 0.444 e. The molecule has 2 aromatic heterocycles. The average molecular weight is 446 g/mol. The SMILES string of the molecule is Cl.O=C(NCc1coc(-c2ccccc2)n1)c1cc2c(s1)CCOC21CCNCC1. The Morgan fingerprint density at radius 3 is 2.83 bits per heavy atom. The van der Waals surface area contributed by atoms with Gasteiger partial charge in [-0.05, 0) is 49.7 Å². The minimum atomic E-state index is -0.218. The van der Waals surface area contributed by atoms with Crippen LogP contribution in [0.15, 0.2) is 47.1 Å². The monoisotopic (exact) mass is 445 g/mol. The molecule has 4 heterocycles. The molecule has 1 spiro atoms. The molecule has 0 bridgehead atoms. The first kappa shape index (κ1) is 21.1.